The number of aromatic nitrogens is 3. The molecule has 0 bridgehead atoms. The predicted octanol–water partition coefficient (Wildman–Crippen LogP) is 4.21. The van der Waals surface area contributed by atoms with Crippen molar-refractivity contribution in [1.82, 2.24) is 15.0 Å². The third-order valence-electron chi connectivity index (χ3n) is 9.99. The van der Waals surface area contributed by atoms with Crippen LogP contribution in [0.15, 0.2) is 72.9 Å². The summed E-state index contributed by atoms with van der Waals surface area (Å²) in [6.07, 6.45) is 1.97. The number of fused-ring (bicyclic) bond motifs is 3. The van der Waals surface area contributed by atoms with E-state index < -0.39 is 36.4 Å². The number of nitrogens with zero attached hydrogens (tertiary/aromatic N) is 6. The summed E-state index contributed by atoms with van der Waals surface area (Å²) in [5, 5.41) is 29.5. The van der Waals surface area contributed by atoms with Gasteiger partial charge in [-0.05, 0) is 55.4 Å². The molecule has 0 aliphatic carbocycles. The fourth-order valence-corrected chi connectivity index (χ4v) is 10.5. The Morgan fingerprint density at radius 1 is 1.08 bits per heavy atom. The molecule has 50 heavy (non-hydrogen) atoms. The monoisotopic (exact) mass is 698 g/mol. The largest absolute Gasteiger partial charge is 0.482 e. The lowest BCUT2D eigenvalue weighted by Gasteiger charge is -2.32. The first-order chi connectivity index (χ1) is 23.9. The van der Waals surface area contributed by atoms with Gasteiger partial charge in [0.15, 0.2) is 20.5 Å². The molecule has 260 valence electrons. The Balaban J connectivity index is 1.24. The average Bonchev–Trinajstić information content (AvgIpc) is 3.73. The Morgan fingerprint density at radius 3 is 2.64 bits per heavy atom. The van der Waals surface area contributed by atoms with Gasteiger partial charge in [0.25, 0.3) is 17.5 Å². The van der Waals surface area contributed by atoms with Crippen molar-refractivity contribution < 1.29 is 33.9 Å². The molecule has 14 nitrogen and oxygen atoms in total. The Bertz CT molecular complexity index is 1980. The lowest BCUT2D eigenvalue weighted by molar-refractivity contribution is -0.385. The fourth-order valence-electron chi connectivity index (χ4n) is 7.90. The topological polar surface area (TPSA) is 173 Å². The number of hydrogen-bond acceptors (Lipinski definition) is 10. The van der Waals surface area contributed by atoms with Crippen LogP contribution >= 0.6 is 0 Å². The summed E-state index contributed by atoms with van der Waals surface area (Å²) in [4.78, 5) is 54.3. The zero-order valence-electron chi connectivity index (χ0n) is 27.9. The second-order valence-corrected chi connectivity index (χ2v) is 17.6. The number of rotatable bonds is 10. The molecule has 4 atom stereocenters. The molecule has 1 spiro atoms. The van der Waals surface area contributed by atoms with E-state index in [1.807, 2.05) is 62.5 Å². The first-order valence-corrected chi connectivity index (χ1v) is 19.6. The van der Waals surface area contributed by atoms with E-state index >= 15 is 0 Å². The maximum Gasteiger partial charge on any atom is 0.269 e. The van der Waals surface area contributed by atoms with E-state index in [0.29, 0.717) is 53.5 Å². The lowest BCUT2D eigenvalue weighted by atomic mass is 9.82. The zero-order chi connectivity index (χ0) is 35.4. The molecule has 4 heterocycles. The first-order valence-electron chi connectivity index (χ1n) is 16.6. The molecule has 0 unspecified atom stereocenters. The first kappa shape index (κ1) is 33.5. The number of aliphatic hydroxyl groups is 1. The van der Waals surface area contributed by atoms with Gasteiger partial charge in [0.1, 0.15) is 5.75 Å². The second kappa shape index (κ2) is 12.7. The fraction of sp³-hybridized carbons (Fsp3) is 0.371. The molecule has 3 aliphatic rings. The predicted molar refractivity (Wildman–Crippen MR) is 184 cm³/mol. The summed E-state index contributed by atoms with van der Waals surface area (Å²) in [5.74, 6) is -0.528. The van der Waals surface area contributed by atoms with Crippen LogP contribution in [0.4, 0.5) is 22.7 Å². The van der Waals surface area contributed by atoms with Crippen molar-refractivity contribution >= 4 is 42.9 Å². The molecule has 0 radical (unpaired) electrons. The molecule has 1 saturated heterocycles. The minimum absolute atomic E-state index is 0.0510. The maximum atomic E-state index is 14.9. The third-order valence-corrected chi connectivity index (χ3v) is 12.5. The van der Waals surface area contributed by atoms with Gasteiger partial charge in [0.2, 0.25) is 0 Å². The molecule has 3 aromatic carbocycles. The second-order valence-electron chi connectivity index (χ2n) is 13.6. The minimum Gasteiger partial charge on any atom is -0.482 e. The molecule has 3 aliphatic heterocycles. The van der Waals surface area contributed by atoms with Crippen LogP contribution in [0.3, 0.4) is 0 Å². The number of benzene rings is 3. The number of hydrogen-bond donors (Lipinski definition) is 2. The molecule has 2 amide bonds. The van der Waals surface area contributed by atoms with Crippen molar-refractivity contribution in [1.29, 1.82) is 0 Å². The molecule has 7 rings (SSSR count). The third kappa shape index (κ3) is 5.65. The van der Waals surface area contributed by atoms with Crippen molar-refractivity contribution in [2.24, 2.45) is 5.92 Å². The molecular weight excluding hydrogens is 661 g/mol. The lowest BCUT2D eigenvalue weighted by Crippen LogP contribution is -2.46. The Kier molecular flexibility index (Phi) is 8.54. The van der Waals surface area contributed by atoms with Crippen LogP contribution in [0.1, 0.15) is 30.2 Å². The SMILES string of the molecule is C[C@H]1[C@H]([Si](C)(C)O)[C@@H](CCn2cc(CCO)nn2)O[C@]12C(=O)N(Cc1cccc(N3C(=O)COc4ccccc43)c1)c1ccc([N+](=O)[O-])cc12. The molecule has 4 aromatic rings. The molecule has 1 aromatic heterocycles. The molecule has 0 saturated carbocycles. The van der Waals surface area contributed by atoms with Crippen LogP contribution in [0.2, 0.25) is 18.6 Å². The Hall–Kier alpha value is -4.96. The normalized spacial score (nSPS) is 22.9. The number of nitro benzene ring substituents is 1. The smallest absolute Gasteiger partial charge is 0.269 e. The van der Waals surface area contributed by atoms with E-state index in [2.05, 4.69) is 10.3 Å². The minimum atomic E-state index is -2.99. The summed E-state index contributed by atoms with van der Waals surface area (Å²) in [6.45, 7) is 5.87. The number of amides is 2. The number of non-ortho nitro benzene ring substituents is 1. The standard InChI is InChI=1S/C35H38N6O8Si/c1-22-33(50(2,3)47)31(13-15-38-20-24(14-16-42)36-37-38)49-35(22)27-18-26(41(45)46)11-12-28(27)39(34(35)44)19-23-7-6-8-25(17-23)40-29-9-4-5-10-30(29)48-21-32(40)43/h4-12,17-18,20,22,31,33,42,47H,13-16,19,21H2,1-3H3/t22-,31+,33-,35+/m0/s1. The van der Waals surface area contributed by atoms with Gasteiger partial charge in [0, 0.05) is 60.6 Å². The maximum absolute atomic E-state index is 14.9. The number of nitro groups is 1. The molecule has 2 N–H and O–H groups in total. The van der Waals surface area contributed by atoms with E-state index in [1.54, 1.807) is 32.8 Å². The molecule has 15 heteroatoms. The van der Waals surface area contributed by atoms with E-state index in [9.17, 15) is 29.6 Å². The highest BCUT2D eigenvalue weighted by atomic mass is 28.4. The number of aliphatic hydroxyl groups excluding tert-OH is 1. The van der Waals surface area contributed by atoms with Crippen molar-refractivity contribution in [3.8, 4) is 5.75 Å². The van der Waals surface area contributed by atoms with E-state index in [4.69, 9.17) is 9.47 Å². The number of para-hydroxylation sites is 2. The number of carbonyl (C=O) groups is 2. The summed E-state index contributed by atoms with van der Waals surface area (Å²) >= 11 is 0. The van der Waals surface area contributed by atoms with Gasteiger partial charge in [-0.25, -0.2) is 0 Å². The van der Waals surface area contributed by atoms with Gasteiger partial charge in [-0.15, -0.1) is 5.10 Å². The van der Waals surface area contributed by atoms with E-state index in [1.165, 1.54) is 12.1 Å². The Labute approximate surface area is 289 Å². The zero-order valence-corrected chi connectivity index (χ0v) is 28.9. The van der Waals surface area contributed by atoms with Gasteiger partial charge >= 0.3 is 0 Å². The van der Waals surface area contributed by atoms with Crippen molar-refractivity contribution in [2.45, 2.75) is 63.2 Å². The number of anilines is 3. The van der Waals surface area contributed by atoms with Crippen molar-refractivity contribution in [3.05, 3.63) is 99.9 Å². The van der Waals surface area contributed by atoms with Crippen LogP contribution in [-0.2, 0) is 39.4 Å². The highest BCUT2D eigenvalue weighted by Gasteiger charge is 2.66. The Morgan fingerprint density at radius 2 is 1.88 bits per heavy atom. The number of carbonyl (C=O) groups excluding carboxylic acids is 2. The van der Waals surface area contributed by atoms with Crippen LogP contribution in [0.5, 0.6) is 5.75 Å². The summed E-state index contributed by atoms with van der Waals surface area (Å²) in [6, 6.07) is 19.0. The van der Waals surface area contributed by atoms with Gasteiger partial charge < -0.3 is 24.3 Å². The van der Waals surface area contributed by atoms with Crippen LogP contribution in [0.25, 0.3) is 0 Å². The van der Waals surface area contributed by atoms with Crippen LogP contribution in [-0.4, -0.2) is 69.3 Å². The van der Waals surface area contributed by atoms with E-state index in [0.717, 1.165) is 5.56 Å². The number of aryl methyl sites for hydroxylation is 1. The highest BCUT2D eigenvalue weighted by molar-refractivity contribution is 6.71. The van der Waals surface area contributed by atoms with Gasteiger partial charge in [-0.3, -0.25) is 29.3 Å². The summed E-state index contributed by atoms with van der Waals surface area (Å²) in [7, 11) is -2.99. The summed E-state index contributed by atoms with van der Waals surface area (Å²) < 4.78 is 14.1. The average molecular weight is 699 g/mol. The van der Waals surface area contributed by atoms with Gasteiger partial charge in [0.05, 0.1) is 34.6 Å². The summed E-state index contributed by atoms with van der Waals surface area (Å²) in [5.41, 5.74) is 1.36. The van der Waals surface area contributed by atoms with Gasteiger partial charge in [-0.1, -0.05) is 36.4 Å². The van der Waals surface area contributed by atoms with Crippen molar-refractivity contribution in [2.75, 3.05) is 23.0 Å². The highest BCUT2D eigenvalue weighted by Crippen LogP contribution is 2.60. The molecule has 1 fully saturated rings. The van der Waals surface area contributed by atoms with Crippen LogP contribution in [0, 0.1) is 16.0 Å². The quantitative estimate of drug-likeness (QED) is 0.139. The number of ether oxygens (including phenoxy) is 2. The molecular formula is C35H38N6O8Si. The van der Waals surface area contributed by atoms with Crippen molar-refractivity contribution in [3.63, 3.8) is 0 Å². The van der Waals surface area contributed by atoms with Crippen LogP contribution < -0.4 is 14.5 Å². The van der Waals surface area contributed by atoms with E-state index in [-0.39, 0.29) is 37.3 Å². The van der Waals surface area contributed by atoms with Gasteiger partial charge in [-0.2, -0.15) is 0 Å².